The minimum atomic E-state index is -0.613. The van der Waals surface area contributed by atoms with Crippen LogP contribution in [0.5, 0.6) is 5.75 Å². The van der Waals surface area contributed by atoms with Crippen molar-refractivity contribution in [3.8, 4) is 5.75 Å². The second-order valence-electron chi connectivity index (χ2n) is 4.60. The number of nitrogens with one attached hydrogen (secondary N) is 1. The Morgan fingerprint density at radius 3 is 2.41 bits per heavy atom. The molecular formula is C18H18N2O2. The third-order valence-electron chi connectivity index (χ3n) is 2.85. The highest BCUT2D eigenvalue weighted by Crippen LogP contribution is 2.10. The molecule has 4 nitrogen and oxygen atoms in total. The molecule has 0 aromatic heterocycles. The number of ether oxygens (including phenoxy) is 1. The molecule has 0 heterocycles. The van der Waals surface area contributed by atoms with Crippen molar-refractivity contribution in [3.63, 3.8) is 0 Å². The Morgan fingerprint density at radius 2 is 1.73 bits per heavy atom. The third kappa shape index (κ3) is 5.25. The average molecular weight is 294 g/mol. The van der Waals surface area contributed by atoms with E-state index in [-0.39, 0.29) is 5.91 Å². The standard InChI is InChI=1S/C18H18N2O2/c1-15(22-17-12-6-3-7-13-17)18(21)20-19-14-8-11-16-9-4-2-5-10-16/h2-15H,1H3,(H,20,21)/b11-8+,19-14-/t15-/m0/s1. The maximum Gasteiger partial charge on any atom is 0.280 e. The van der Waals surface area contributed by atoms with Crippen molar-refractivity contribution in [2.45, 2.75) is 13.0 Å². The van der Waals surface area contributed by atoms with Crippen LogP contribution in [-0.4, -0.2) is 18.2 Å². The van der Waals surface area contributed by atoms with Gasteiger partial charge in [-0.05, 0) is 30.7 Å². The van der Waals surface area contributed by atoms with E-state index in [4.69, 9.17) is 4.74 Å². The topological polar surface area (TPSA) is 50.7 Å². The summed E-state index contributed by atoms with van der Waals surface area (Å²) in [6.07, 6.45) is 4.58. The summed E-state index contributed by atoms with van der Waals surface area (Å²) >= 11 is 0. The number of nitrogens with zero attached hydrogens (tertiary/aromatic N) is 1. The van der Waals surface area contributed by atoms with Gasteiger partial charge >= 0.3 is 0 Å². The molecule has 22 heavy (non-hydrogen) atoms. The molecule has 0 unspecified atom stereocenters. The second kappa shape index (κ2) is 8.42. The fourth-order valence-electron chi connectivity index (χ4n) is 1.71. The predicted molar refractivity (Wildman–Crippen MR) is 88.6 cm³/mol. The van der Waals surface area contributed by atoms with Crippen LogP contribution in [0.2, 0.25) is 0 Å². The molecule has 0 saturated carbocycles. The van der Waals surface area contributed by atoms with Crippen LogP contribution in [0, 0.1) is 0 Å². The monoisotopic (exact) mass is 294 g/mol. The Hall–Kier alpha value is -2.88. The molecule has 0 fully saturated rings. The molecule has 1 atom stereocenters. The molecule has 0 saturated heterocycles. The van der Waals surface area contributed by atoms with Gasteiger partial charge in [0.15, 0.2) is 6.10 Å². The highest BCUT2D eigenvalue weighted by molar-refractivity contribution is 5.83. The number of hydrazone groups is 1. The number of carbonyl (C=O) groups excluding carboxylic acids is 1. The van der Waals surface area contributed by atoms with E-state index in [0.29, 0.717) is 5.75 Å². The first-order valence-corrected chi connectivity index (χ1v) is 7.02. The van der Waals surface area contributed by atoms with Gasteiger partial charge < -0.3 is 4.74 Å². The van der Waals surface area contributed by atoms with Crippen LogP contribution < -0.4 is 10.2 Å². The third-order valence-corrected chi connectivity index (χ3v) is 2.85. The molecule has 4 heteroatoms. The Labute approximate surface area is 130 Å². The van der Waals surface area contributed by atoms with Crippen LogP contribution in [-0.2, 0) is 4.79 Å². The minimum absolute atomic E-state index is 0.298. The zero-order valence-electron chi connectivity index (χ0n) is 12.3. The zero-order chi connectivity index (χ0) is 15.6. The first-order valence-electron chi connectivity index (χ1n) is 7.02. The summed E-state index contributed by atoms with van der Waals surface area (Å²) in [5.41, 5.74) is 3.51. The SMILES string of the molecule is C[C@H](Oc1ccccc1)C(=O)N/N=C\C=C\c1ccccc1. The first kappa shape index (κ1) is 15.5. The molecule has 0 bridgehead atoms. The molecule has 0 radical (unpaired) electrons. The van der Waals surface area contributed by atoms with Gasteiger partial charge in [0, 0.05) is 6.21 Å². The van der Waals surface area contributed by atoms with Gasteiger partial charge in [0.1, 0.15) is 5.75 Å². The van der Waals surface area contributed by atoms with Crippen molar-refractivity contribution in [2.24, 2.45) is 5.10 Å². The van der Waals surface area contributed by atoms with Crippen LogP contribution in [0.15, 0.2) is 71.8 Å². The molecular weight excluding hydrogens is 276 g/mol. The van der Waals surface area contributed by atoms with Gasteiger partial charge in [-0.2, -0.15) is 5.10 Å². The van der Waals surface area contributed by atoms with E-state index in [2.05, 4.69) is 10.5 Å². The van der Waals surface area contributed by atoms with E-state index in [1.807, 2.05) is 54.6 Å². The van der Waals surface area contributed by atoms with Crippen molar-refractivity contribution >= 4 is 18.2 Å². The normalized spacial score (nSPS) is 12.4. The van der Waals surface area contributed by atoms with E-state index in [1.165, 1.54) is 6.21 Å². The van der Waals surface area contributed by atoms with Gasteiger partial charge in [-0.25, -0.2) is 5.43 Å². The maximum absolute atomic E-state index is 11.8. The summed E-state index contributed by atoms with van der Waals surface area (Å²) in [6.45, 7) is 1.68. The van der Waals surface area contributed by atoms with Crippen LogP contribution in [0.25, 0.3) is 6.08 Å². The minimum Gasteiger partial charge on any atom is -0.481 e. The van der Waals surface area contributed by atoms with Crippen molar-refractivity contribution in [1.29, 1.82) is 0 Å². The lowest BCUT2D eigenvalue weighted by Crippen LogP contribution is -2.33. The first-order chi connectivity index (χ1) is 10.8. The predicted octanol–water partition coefficient (Wildman–Crippen LogP) is 3.27. The van der Waals surface area contributed by atoms with E-state index in [9.17, 15) is 4.79 Å². The molecule has 112 valence electrons. The van der Waals surface area contributed by atoms with Crippen LogP contribution >= 0.6 is 0 Å². The Balaban J connectivity index is 1.77. The molecule has 1 amide bonds. The lowest BCUT2D eigenvalue weighted by Gasteiger charge is -2.12. The molecule has 2 aromatic carbocycles. The largest absolute Gasteiger partial charge is 0.481 e. The summed E-state index contributed by atoms with van der Waals surface area (Å²) in [7, 11) is 0. The van der Waals surface area contributed by atoms with Crippen molar-refractivity contribution < 1.29 is 9.53 Å². The highest BCUT2D eigenvalue weighted by Gasteiger charge is 2.13. The quantitative estimate of drug-likeness (QED) is 0.656. The smallest absolute Gasteiger partial charge is 0.280 e. The lowest BCUT2D eigenvalue weighted by atomic mass is 10.2. The number of rotatable bonds is 6. The Bertz CT molecular complexity index is 637. The summed E-state index contributed by atoms with van der Waals surface area (Å²) in [5, 5.41) is 3.86. The van der Waals surface area contributed by atoms with Gasteiger partial charge in [-0.15, -0.1) is 0 Å². The molecule has 2 rings (SSSR count). The van der Waals surface area contributed by atoms with E-state index in [0.717, 1.165) is 5.56 Å². The number of benzene rings is 2. The van der Waals surface area contributed by atoms with Gasteiger partial charge in [0.25, 0.3) is 5.91 Å². The van der Waals surface area contributed by atoms with Crippen LogP contribution in [0.4, 0.5) is 0 Å². The number of carbonyl (C=O) groups is 1. The summed E-state index contributed by atoms with van der Waals surface area (Å²) in [5.74, 6) is 0.353. The van der Waals surface area contributed by atoms with Crippen LogP contribution in [0.3, 0.4) is 0 Å². The summed E-state index contributed by atoms with van der Waals surface area (Å²) < 4.78 is 5.50. The van der Waals surface area contributed by atoms with Gasteiger partial charge in [-0.1, -0.05) is 54.6 Å². The molecule has 2 aromatic rings. The van der Waals surface area contributed by atoms with E-state index < -0.39 is 6.10 Å². The average Bonchev–Trinajstić information content (AvgIpc) is 2.56. The number of hydrogen-bond acceptors (Lipinski definition) is 3. The number of para-hydroxylation sites is 1. The van der Waals surface area contributed by atoms with Gasteiger partial charge in [0.2, 0.25) is 0 Å². The summed E-state index contributed by atoms with van der Waals surface area (Å²) in [6, 6.07) is 19.0. The summed E-state index contributed by atoms with van der Waals surface area (Å²) in [4.78, 5) is 11.8. The number of allylic oxidation sites excluding steroid dienone is 1. The zero-order valence-corrected chi connectivity index (χ0v) is 12.3. The fraction of sp³-hybridized carbons (Fsp3) is 0.111. The second-order valence-corrected chi connectivity index (χ2v) is 4.60. The van der Waals surface area contributed by atoms with Crippen LogP contribution in [0.1, 0.15) is 12.5 Å². The van der Waals surface area contributed by atoms with E-state index >= 15 is 0 Å². The van der Waals surface area contributed by atoms with Crippen molar-refractivity contribution in [3.05, 3.63) is 72.3 Å². The lowest BCUT2D eigenvalue weighted by molar-refractivity contribution is -0.127. The highest BCUT2D eigenvalue weighted by atomic mass is 16.5. The number of amides is 1. The molecule has 0 aliphatic rings. The molecule has 0 aliphatic heterocycles. The number of hydrogen-bond donors (Lipinski definition) is 1. The van der Waals surface area contributed by atoms with Gasteiger partial charge in [0.05, 0.1) is 0 Å². The maximum atomic E-state index is 11.8. The van der Waals surface area contributed by atoms with Gasteiger partial charge in [-0.3, -0.25) is 4.79 Å². The Morgan fingerprint density at radius 1 is 1.09 bits per heavy atom. The molecule has 0 aliphatic carbocycles. The fourth-order valence-corrected chi connectivity index (χ4v) is 1.71. The molecule has 0 spiro atoms. The molecule has 1 N–H and O–H groups in total. The van der Waals surface area contributed by atoms with Crippen molar-refractivity contribution in [2.75, 3.05) is 0 Å². The van der Waals surface area contributed by atoms with Crippen molar-refractivity contribution in [1.82, 2.24) is 5.43 Å². The van der Waals surface area contributed by atoms with E-state index in [1.54, 1.807) is 25.1 Å². The Kier molecular flexibility index (Phi) is 5.93.